The van der Waals surface area contributed by atoms with Crippen molar-refractivity contribution in [3.8, 4) is 11.5 Å². The second-order valence-corrected chi connectivity index (χ2v) is 7.19. The lowest BCUT2D eigenvalue weighted by molar-refractivity contribution is 0.414. The molecule has 4 rings (SSSR count). The van der Waals surface area contributed by atoms with Crippen LogP contribution in [0.15, 0.2) is 96.1 Å². The summed E-state index contributed by atoms with van der Waals surface area (Å²) in [5, 5.41) is 0. The van der Waals surface area contributed by atoms with Gasteiger partial charge in [0.05, 0.1) is 14.2 Å². The molecule has 0 saturated carbocycles. The van der Waals surface area contributed by atoms with Crippen LogP contribution in [0.2, 0.25) is 0 Å². The van der Waals surface area contributed by atoms with Crippen LogP contribution >= 0.6 is 0 Å². The van der Waals surface area contributed by atoms with Gasteiger partial charge < -0.3 is 9.47 Å². The lowest BCUT2D eigenvalue weighted by Gasteiger charge is -2.30. The van der Waals surface area contributed by atoms with Gasteiger partial charge in [-0.15, -0.1) is 0 Å². The van der Waals surface area contributed by atoms with Crippen LogP contribution in [0.5, 0.6) is 11.5 Å². The molecule has 142 valence electrons. The van der Waals surface area contributed by atoms with Crippen LogP contribution < -0.4 is 9.47 Å². The van der Waals surface area contributed by atoms with Crippen molar-refractivity contribution in [1.82, 2.24) is 0 Å². The Hall–Kier alpha value is -3.00. The molecule has 0 aliphatic heterocycles. The lowest BCUT2D eigenvalue weighted by atomic mass is 9.73. The van der Waals surface area contributed by atoms with E-state index in [2.05, 4.69) is 85.0 Å². The summed E-state index contributed by atoms with van der Waals surface area (Å²) >= 11 is 0. The van der Waals surface area contributed by atoms with E-state index in [0.29, 0.717) is 0 Å². The zero-order valence-corrected chi connectivity index (χ0v) is 16.5. The van der Waals surface area contributed by atoms with E-state index in [1.165, 1.54) is 22.3 Å². The summed E-state index contributed by atoms with van der Waals surface area (Å²) < 4.78 is 10.8. The van der Waals surface area contributed by atoms with Gasteiger partial charge in [0.25, 0.3) is 0 Å². The third kappa shape index (κ3) is 3.68. The van der Waals surface area contributed by atoms with Gasteiger partial charge in [-0.1, -0.05) is 60.7 Å². The van der Waals surface area contributed by atoms with E-state index in [9.17, 15) is 0 Å². The molecule has 2 nitrogen and oxygen atoms in total. The molecule has 2 aliphatic rings. The van der Waals surface area contributed by atoms with Crippen molar-refractivity contribution in [1.29, 1.82) is 0 Å². The van der Waals surface area contributed by atoms with Crippen LogP contribution in [0, 0.1) is 0 Å². The molecule has 0 aromatic heterocycles. The highest BCUT2D eigenvalue weighted by Gasteiger charge is 2.30. The Labute approximate surface area is 167 Å². The van der Waals surface area contributed by atoms with E-state index in [4.69, 9.17) is 9.47 Å². The zero-order chi connectivity index (χ0) is 19.3. The molecule has 0 spiro atoms. The smallest absolute Gasteiger partial charge is 0.118 e. The topological polar surface area (TPSA) is 18.5 Å². The Morgan fingerprint density at radius 3 is 1.29 bits per heavy atom. The molecule has 0 saturated heterocycles. The van der Waals surface area contributed by atoms with Gasteiger partial charge in [0.15, 0.2) is 0 Å². The quantitative estimate of drug-likeness (QED) is 0.566. The minimum Gasteiger partial charge on any atom is -0.497 e. The van der Waals surface area contributed by atoms with Crippen molar-refractivity contribution in [3.05, 3.63) is 107 Å². The van der Waals surface area contributed by atoms with Crippen LogP contribution in [0.1, 0.15) is 35.8 Å². The molecule has 2 aromatic rings. The minimum atomic E-state index is 0.257. The van der Waals surface area contributed by atoms with Gasteiger partial charge in [0.2, 0.25) is 0 Å². The van der Waals surface area contributed by atoms with E-state index in [1.807, 2.05) is 0 Å². The van der Waals surface area contributed by atoms with Gasteiger partial charge in [0.1, 0.15) is 11.5 Å². The van der Waals surface area contributed by atoms with E-state index in [0.717, 1.165) is 24.3 Å². The SMILES string of the molecule is COc1ccc(C(C2=CCC=C2)C(C2=CCC=C2)c2ccc(OC)cc2)cc1. The van der Waals surface area contributed by atoms with Crippen molar-refractivity contribution in [2.24, 2.45) is 0 Å². The fourth-order valence-corrected chi connectivity index (χ4v) is 4.19. The summed E-state index contributed by atoms with van der Waals surface area (Å²) in [7, 11) is 3.42. The number of ether oxygens (including phenoxy) is 2. The Morgan fingerprint density at radius 1 is 0.607 bits per heavy atom. The van der Waals surface area contributed by atoms with E-state index in [1.54, 1.807) is 14.2 Å². The van der Waals surface area contributed by atoms with Crippen molar-refractivity contribution in [2.75, 3.05) is 14.2 Å². The number of methoxy groups -OCH3 is 2. The normalized spacial score (nSPS) is 17.2. The average molecular weight is 370 g/mol. The maximum atomic E-state index is 5.38. The molecule has 2 heteroatoms. The van der Waals surface area contributed by atoms with Crippen LogP contribution in [-0.4, -0.2) is 14.2 Å². The summed E-state index contributed by atoms with van der Waals surface area (Å²) in [6.07, 6.45) is 15.8. The van der Waals surface area contributed by atoms with Crippen LogP contribution in [0.3, 0.4) is 0 Å². The van der Waals surface area contributed by atoms with Gasteiger partial charge in [-0.25, -0.2) is 0 Å². The molecule has 28 heavy (non-hydrogen) atoms. The van der Waals surface area contributed by atoms with Crippen LogP contribution in [-0.2, 0) is 0 Å². The van der Waals surface area contributed by atoms with Gasteiger partial charge >= 0.3 is 0 Å². The highest BCUT2D eigenvalue weighted by atomic mass is 16.5. The Bertz CT molecular complexity index is 848. The maximum absolute atomic E-state index is 5.38. The molecule has 2 atom stereocenters. The first-order valence-electron chi connectivity index (χ1n) is 9.81. The summed E-state index contributed by atoms with van der Waals surface area (Å²) in [6.45, 7) is 0. The van der Waals surface area contributed by atoms with E-state index < -0.39 is 0 Å². The summed E-state index contributed by atoms with van der Waals surface area (Å²) in [4.78, 5) is 0. The second-order valence-electron chi connectivity index (χ2n) is 7.19. The number of hydrogen-bond acceptors (Lipinski definition) is 2. The van der Waals surface area contributed by atoms with Crippen LogP contribution in [0.4, 0.5) is 0 Å². The first kappa shape index (κ1) is 18.4. The van der Waals surface area contributed by atoms with Crippen molar-refractivity contribution < 1.29 is 9.47 Å². The Kier molecular flexibility index (Phi) is 5.48. The number of benzene rings is 2. The van der Waals surface area contributed by atoms with E-state index in [-0.39, 0.29) is 11.8 Å². The largest absolute Gasteiger partial charge is 0.497 e. The third-order valence-corrected chi connectivity index (χ3v) is 5.60. The van der Waals surface area contributed by atoms with Gasteiger partial charge in [-0.2, -0.15) is 0 Å². The average Bonchev–Trinajstić information content (AvgIpc) is 3.46. The fourth-order valence-electron chi connectivity index (χ4n) is 4.19. The molecule has 2 unspecified atom stereocenters. The highest BCUT2D eigenvalue weighted by Crippen LogP contribution is 2.46. The van der Waals surface area contributed by atoms with Crippen molar-refractivity contribution in [3.63, 3.8) is 0 Å². The Morgan fingerprint density at radius 2 is 1.00 bits per heavy atom. The number of rotatable bonds is 7. The number of allylic oxidation sites excluding steroid dienone is 8. The summed E-state index contributed by atoms with van der Waals surface area (Å²) in [5.74, 6) is 2.29. The molecule has 0 amide bonds. The Balaban J connectivity index is 1.82. The molecule has 2 aromatic carbocycles. The van der Waals surface area contributed by atoms with Gasteiger partial charge in [-0.3, -0.25) is 0 Å². The minimum absolute atomic E-state index is 0.257. The van der Waals surface area contributed by atoms with Crippen molar-refractivity contribution in [2.45, 2.75) is 24.7 Å². The molecule has 2 aliphatic carbocycles. The summed E-state index contributed by atoms with van der Waals surface area (Å²) in [6, 6.07) is 17.0. The van der Waals surface area contributed by atoms with Crippen molar-refractivity contribution >= 4 is 0 Å². The molecule has 0 fully saturated rings. The van der Waals surface area contributed by atoms with Gasteiger partial charge in [0, 0.05) is 11.8 Å². The first-order valence-corrected chi connectivity index (χ1v) is 9.81. The molecule has 0 N–H and O–H groups in total. The fraction of sp³-hybridized carbons (Fsp3) is 0.231. The zero-order valence-electron chi connectivity index (χ0n) is 16.5. The monoisotopic (exact) mass is 370 g/mol. The molecular formula is C26H26O2. The molecule has 0 radical (unpaired) electrons. The molecule has 0 bridgehead atoms. The first-order chi connectivity index (χ1) is 13.8. The van der Waals surface area contributed by atoms with Gasteiger partial charge in [-0.05, 0) is 59.4 Å². The maximum Gasteiger partial charge on any atom is 0.118 e. The summed E-state index contributed by atoms with van der Waals surface area (Å²) in [5.41, 5.74) is 5.38. The number of hydrogen-bond donors (Lipinski definition) is 0. The highest BCUT2D eigenvalue weighted by molar-refractivity contribution is 5.51. The predicted molar refractivity (Wildman–Crippen MR) is 115 cm³/mol. The molecular weight excluding hydrogens is 344 g/mol. The van der Waals surface area contributed by atoms with Crippen LogP contribution in [0.25, 0.3) is 0 Å². The second kappa shape index (κ2) is 8.35. The predicted octanol–water partition coefficient (Wildman–Crippen LogP) is 6.34. The van der Waals surface area contributed by atoms with E-state index >= 15 is 0 Å². The lowest BCUT2D eigenvalue weighted by Crippen LogP contribution is -2.14. The third-order valence-electron chi connectivity index (χ3n) is 5.60. The molecule has 0 heterocycles. The standard InChI is InChI=1S/C26H26O2/c1-27-23-15-11-21(12-16-23)25(19-7-3-4-8-19)26(20-9-5-6-10-20)22-13-17-24(28-2)18-14-22/h3,5,7-18,25-26H,4,6H2,1-2H3.